The normalized spacial score (nSPS) is 10.8. The Bertz CT molecular complexity index is 1420. The monoisotopic (exact) mass is 498 g/mol. The lowest BCUT2D eigenvalue weighted by Crippen LogP contribution is -2.14. The van der Waals surface area contributed by atoms with E-state index < -0.39 is 0 Å². The molecule has 0 aliphatic heterocycles. The van der Waals surface area contributed by atoms with Gasteiger partial charge in [-0.15, -0.1) is 0 Å². The molecular formula is C26H19BrN4O2. The molecule has 0 aliphatic carbocycles. The molecule has 1 N–H and O–H groups in total. The van der Waals surface area contributed by atoms with Crippen LogP contribution in [0.2, 0.25) is 0 Å². The van der Waals surface area contributed by atoms with Gasteiger partial charge in [-0.25, -0.2) is 4.68 Å². The van der Waals surface area contributed by atoms with Gasteiger partial charge in [-0.1, -0.05) is 64.5 Å². The van der Waals surface area contributed by atoms with Crippen molar-refractivity contribution in [2.24, 2.45) is 0 Å². The van der Waals surface area contributed by atoms with Crippen molar-refractivity contribution < 1.29 is 9.53 Å². The summed E-state index contributed by atoms with van der Waals surface area (Å²) in [5, 5.41) is 8.16. The first-order valence-electron chi connectivity index (χ1n) is 10.3. The Labute approximate surface area is 199 Å². The number of carbonyl (C=O) groups is 1. The molecule has 0 radical (unpaired) electrons. The van der Waals surface area contributed by atoms with Crippen LogP contribution < -0.4 is 10.1 Å². The van der Waals surface area contributed by atoms with Crippen molar-refractivity contribution in [3.8, 4) is 16.9 Å². The lowest BCUT2D eigenvalue weighted by molar-refractivity contribution is 0.102. The molecule has 3 aromatic carbocycles. The second kappa shape index (κ2) is 9.26. The maximum Gasteiger partial charge on any atom is 0.276 e. The molecule has 0 unspecified atom stereocenters. The number of anilines is 1. The summed E-state index contributed by atoms with van der Waals surface area (Å²) in [6.45, 7) is 0.195. The Morgan fingerprint density at radius 1 is 0.909 bits per heavy atom. The summed E-state index contributed by atoms with van der Waals surface area (Å²) in [6, 6.07) is 27.2. The number of nitrogens with zero attached hydrogens (tertiary/aromatic N) is 3. The van der Waals surface area contributed by atoms with E-state index in [4.69, 9.17) is 4.74 Å². The molecule has 0 bridgehead atoms. The van der Waals surface area contributed by atoms with E-state index in [0.29, 0.717) is 16.9 Å². The van der Waals surface area contributed by atoms with E-state index in [0.717, 1.165) is 26.7 Å². The van der Waals surface area contributed by atoms with Gasteiger partial charge in [-0.2, -0.15) is 5.10 Å². The molecule has 0 saturated heterocycles. The van der Waals surface area contributed by atoms with Gasteiger partial charge in [0.25, 0.3) is 5.91 Å². The van der Waals surface area contributed by atoms with Crippen LogP contribution in [0, 0.1) is 0 Å². The largest absolute Gasteiger partial charge is 0.471 e. The number of hydrogen-bond acceptors (Lipinski definition) is 4. The molecule has 6 nitrogen and oxygen atoms in total. The highest BCUT2D eigenvalue weighted by Crippen LogP contribution is 2.28. The van der Waals surface area contributed by atoms with Crippen molar-refractivity contribution in [2.75, 3.05) is 5.32 Å². The minimum absolute atomic E-state index is 0.195. The molecule has 162 valence electrons. The van der Waals surface area contributed by atoms with Crippen LogP contribution in [0.15, 0.2) is 102 Å². The van der Waals surface area contributed by atoms with Crippen LogP contribution in [0.1, 0.15) is 10.5 Å². The molecule has 5 aromatic rings. The maximum atomic E-state index is 12.7. The highest BCUT2D eigenvalue weighted by molar-refractivity contribution is 9.10. The average Bonchev–Trinajstić information content (AvgIpc) is 3.35. The highest BCUT2D eigenvalue weighted by Gasteiger charge is 2.13. The van der Waals surface area contributed by atoms with Crippen molar-refractivity contribution >= 4 is 38.4 Å². The van der Waals surface area contributed by atoms with E-state index in [-0.39, 0.29) is 12.6 Å². The number of aromatic nitrogens is 3. The zero-order chi connectivity index (χ0) is 22.6. The second-order valence-electron chi connectivity index (χ2n) is 7.35. The lowest BCUT2D eigenvalue weighted by Gasteiger charge is -2.09. The van der Waals surface area contributed by atoms with Crippen molar-refractivity contribution in [2.45, 2.75) is 6.73 Å². The van der Waals surface area contributed by atoms with Gasteiger partial charge in [0.1, 0.15) is 5.75 Å². The molecule has 2 aromatic heterocycles. The van der Waals surface area contributed by atoms with Gasteiger partial charge in [0.2, 0.25) is 0 Å². The first kappa shape index (κ1) is 20.9. The van der Waals surface area contributed by atoms with Gasteiger partial charge in [0.15, 0.2) is 12.4 Å². The van der Waals surface area contributed by atoms with Crippen LogP contribution in [-0.4, -0.2) is 20.7 Å². The van der Waals surface area contributed by atoms with Gasteiger partial charge in [0.05, 0.1) is 11.2 Å². The van der Waals surface area contributed by atoms with Gasteiger partial charge < -0.3 is 10.1 Å². The number of pyridine rings is 1. The molecule has 0 atom stereocenters. The summed E-state index contributed by atoms with van der Waals surface area (Å²) in [5.74, 6) is 0.416. The van der Waals surface area contributed by atoms with Crippen LogP contribution >= 0.6 is 15.9 Å². The number of hydrogen-bond donors (Lipinski definition) is 1. The number of rotatable bonds is 6. The molecule has 1 amide bonds. The first-order valence-corrected chi connectivity index (χ1v) is 11.1. The Balaban J connectivity index is 1.23. The van der Waals surface area contributed by atoms with Crippen LogP contribution in [0.5, 0.6) is 5.75 Å². The topological polar surface area (TPSA) is 69.0 Å². The fourth-order valence-corrected chi connectivity index (χ4v) is 3.95. The number of benzene rings is 3. The van der Waals surface area contributed by atoms with E-state index in [2.05, 4.69) is 43.5 Å². The lowest BCUT2D eigenvalue weighted by atomic mass is 10.1. The molecule has 0 spiro atoms. The molecule has 33 heavy (non-hydrogen) atoms. The molecule has 7 heteroatoms. The minimum Gasteiger partial charge on any atom is -0.471 e. The number of nitrogens with one attached hydrogen (secondary N) is 1. The van der Waals surface area contributed by atoms with Crippen LogP contribution in [0.3, 0.4) is 0 Å². The zero-order valence-corrected chi connectivity index (χ0v) is 19.1. The molecule has 0 fully saturated rings. The number of ether oxygens (including phenoxy) is 1. The third-order valence-electron chi connectivity index (χ3n) is 5.16. The van der Waals surface area contributed by atoms with E-state index in [1.165, 1.54) is 0 Å². The number of fused-ring (bicyclic) bond motifs is 1. The summed E-state index contributed by atoms with van der Waals surface area (Å²) < 4.78 is 8.32. The summed E-state index contributed by atoms with van der Waals surface area (Å²) in [5.41, 5.74) is 3.91. The van der Waals surface area contributed by atoms with Crippen molar-refractivity contribution in [3.05, 3.63) is 107 Å². The fourth-order valence-electron chi connectivity index (χ4n) is 3.49. The van der Waals surface area contributed by atoms with Gasteiger partial charge >= 0.3 is 0 Å². The Morgan fingerprint density at radius 2 is 1.70 bits per heavy atom. The van der Waals surface area contributed by atoms with E-state index >= 15 is 0 Å². The average molecular weight is 499 g/mol. The van der Waals surface area contributed by atoms with Crippen LogP contribution in [-0.2, 0) is 6.73 Å². The van der Waals surface area contributed by atoms with Gasteiger partial charge in [-0.3, -0.25) is 9.78 Å². The fraction of sp³-hybridized carbons (Fsp3) is 0.0385. The number of halogens is 1. The van der Waals surface area contributed by atoms with Crippen LogP contribution in [0.4, 0.5) is 5.69 Å². The molecule has 0 aliphatic rings. The van der Waals surface area contributed by atoms with E-state index in [9.17, 15) is 4.79 Å². The van der Waals surface area contributed by atoms with E-state index in [1.54, 1.807) is 23.1 Å². The summed E-state index contributed by atoms with van der Waals surface area (Å²) >= 11 is 3.52. The Morgan fingerprint density at radius 3 is 2.52 bits per heavy atom. The van der Waals surface area contributed by atoms with Gasteiger partial charge in [0, 0.05) is 22.3 Å². The number of carbonyl (C=O) groups excluding carboxylic acids is 1. The summed E-state index contributed by atoms with van der Waals surface area (Å²) in [7, 11) is 0. The van der Waals surface area contributed by atoms with Crippen molar-refractivity contribution in [1.29, 1.82) is 0 Å². The molecule has 5 rings (SSSR count). The van der Waals surface area contributed by atoms with Crippen LogP contribution in [0.25, 0.3) is 22.0 Å². The smallest absolute Gasteiger partial charge is 0.276 e. The summed E-state index contributed by atoms with van der Waals surface area (Å²) in [4.78, 5) is 17.1. The highest BCUT2D eigenvalue weighted by atomic mass is 79.9. The SMILES string of the molecule is O=C(Nc1ccc(Br)c2cccnc12)c1ccn(COc2ccc(-c3ccccc3)cc2)n1. The standard InChI is InChI=1S/C26H19BrN4O2/c27-22-12-13-23(25-21(22)7-4-15-28-25)29-26(32)24-14-16-31(30-24)17-33-20-10-8-19(9-11-20)18-5-2-1-3-6-18/h1-16H,17H2,(H,29,32). The first-order chi connectivity index (χ1) is 16.2. The third-order valence-corrected chi connectivity index (χ3v) is 5.85. The predicted molar refractivity (Wildman–Crippen MR) is 132 cm³/mol. The van der Waals surface area contributed by atoms with E-state index in [1.807, 2.05) is 66.7 Å². The molecule has 0 saturated carbocycles. The predicted octanol–water partition coefficient (Wildman–Crippen LogP) is 6.15. The van der Waals surface area contributed by atoms with Crippen molar-refractivity contribution in [1.82, 2.24) is 14.8 Å². The minimum atomic E-state index is -0.310. The van der Waals surface area contributed by atoms with Gasteiger partial charge in [-0.05, 0) is 47.5 Å². The Kier molecular flexibility index (Phi) is 5.87. The second-order valence-corrected chi connectivity index (χ2v) is 8.21. The summed E-state index contributed by atoms with van der Waals surface area (Å²) in [6.07, 6.45) is 3.41. The maximum absolute atomic E-state index is 12.7. The zero-order valence-electron chi connectivity index (χ0n) is 17.5. The molecular weight excluding hydrogens is 480 g/mol. The Hall–Kier alpha value is -3.97. The third kappa shape index (κ3) is 4.63. The number of amides is 1. The molecule has 2 heterocycles. The van der Waals surface area contributed by atoms with Crippen molar-refractivity contribution in [3.63, 3.8) is 0 Å². The quantitative estimate of drug-likeness (QED) is 0.304.